The highest BCUT2D eigenvalue weighted by Crippen LogP contribution is 2.35. The van der Waals surface area contributed by atoms with E-state index < -0.39 is 23.3 Å². The van der Waals surface area contributed by atoms with Crippen LogP contribution in [-0.2, 0) is 15.7 Å². The van der Waals surface area contributed by atoms with Gasteiger partial charge in [0.1, 0.15) is 5.75 Å². The molecule has 0 aliphatic carbocycles. The van der Waals surface area contributed by atoms with E-state index in [1.54, 1.807) is 56.9 Å². The van der Waals surface area contributed by atoms with Gasteiger partial charge in [-0.25, -0.2) is 4.79 Å². The predicted molar refractivity (Wildman–Crippen MR) is 148 cm³/mol. The van der Waals surface area contributed by atoms with Gasteiger partial charge in [0.2, 0.25) is 0 Å². The van der Waals surface area contributed by atoms with E-state index in [9.17, 15) is 22.8 Å². The molecule has 7 nitrogen and oxygen atoms in total. The molecule has 0 N–H and O–H groups in total. The highest BCUT2D eigenvalue weighted by atomic mass is 19.4. The first kappa shape index (κ1) is 29.8. The van der Waals surface area contributed by atoms with Crippen LogP contribution in [0.5, 0.6) is 17.2 Å². The molecule has 0 saturated carbocycles. The number of hydrogen-bond donors (Lipinski definition) is 0. The largest absolute Gasteiger partial charge is 0.472 e. The maximum atomic E-state index is 12.9. The van der Waals surface area contributed by atoms with E-state index in [0.29, 0.717) is 43.4 Å². The van der Waals surface area contributed by atoms with E-state index in [1.165, 1.54) is 12.1 Å². The van der Waals surface area contributed by atoms with Crippen molar-refractivity contribution in [2.24, 2.45) is 0 Å². The van der Waals surface area contributed by atoms with Gasteiger partial charge in [0.15, 0.2) is 17.1 Å². The Morgan fingerprint density at radius 1 is 0.829 bits per heavy atom. The van der Waals surface area contributed by atoms with Crippen LogP contribution in [0.25, 0.3) is 0 Å². The first-order valence-corrected chi connectivity index (χ1v) is 13.3. The molecule has 218 valence electrons. The molecule has 0 bridgehead atoms. The van der Waals surface area contributed by atoms with Crippen LogP contribution in [0.15, 0.2) is 72.8 Å². The molecule has 0 aromatic heterocycles. The molecule has 1 aliphatic rings. The fourth-order valence-electron chi connectivity index (χ4n) is 4.31. The monoisotopic (exact) mass is 570 g/mol. The standard InChI is InChI=1S/C31H33F3N2O5/c1-21(2)39-29(38)30(3,4)41-27-11-6-5-10-26(27)40-25-9-7-8-24(20-25)35-16-18-36(19-17-35)28(37)22-12-14-23(15-13-22)31(32,33)34/h5-15,20-21H,16-19H2,1-4H3. The number of halogens is 3. The molecule has 1 amide bonds. The Morgan fingerprint density at radius 2 is 1.46 bits per heavy atom. The van der Waals surface area contributed by atoms with E-state index in [-0.39, 0.29) is 17.6 Å². The first-order valence-electron chi connectivity index (χ1n) is 13.3. The number of alkyl halides is 3. The van der Waals surface area contributed by atoms with Gasteiger partial charge in [-0.3, -0.25) is 4.79 Å². The van der Waals surface area contributed by atoms with Crippen LogP contribution in [0.2, 0.25) is 0 Å². The summed E-state index contributed by atoms with van der Waals surface area (Å²) < 4.78 is 56.0. The maximum absolute atomic E-state index is 12.9. The first-order chi connectivity index (χ1) is 19.3. The Bertz CT molecular complexity index is 1360. The molecule has 3 aromatic rings. The van der Waals surface area contributed by atoms with Crippen LogP contribution in [-0.4, -0.2) is 54.7 Å². The van der Waals surface area contributed by atoms with Gasteiger partial charge >= 0.3 is 12.1 Å². The lowest BCUT2D eigenvalue weighted by Crippen LogP contribution is -2.48. The Labute approximate surface area is 237 Å². The van der Waals surface area contributed by atoms with Crippen molar-refractivity contribution in [3.05, 3.63) is 83.9 Å². The number of nitrogens with zero attached hydrogens (tertiary/aromatic N) is 2. The summed E-state index contributed by atoms with van der Waals surface area (Å²) in [6.07, 6.45) is -4.72. The third-order valence-corrected chi connectivity index (χ3v) is 6.49. The molecule has 4 rings (SSSR count). The van der Waals surface area contributed by atoms with Crippen LogP contribution in [0.3, 0.4) is 0 Å². The van der Waals surface area contributed by atoms with Crippen LogP contribution in [0.4, 0.5) is 18.9 Å². The van der Waals surface area contributed by atoms with Crippen molar-refractivity contribution >= 4 is 17.6 Å². The average molecular weight is 571 g/mol. The summed E-state index contributed by atoms with van der Waals surface area (Å²) in [7, 11) is 0. The quantitative estimate of drug-likeness (QED) is 0.286. The number of carbonyl (C=O) groups is 2. The topological polar surface area (TPSA) is 68.3 Å². The van der Waals surface area contributed by atoms with Crippen molar-refractivity contribution < 1.29 is 37.0 Å². The number of anilines is 1. The van der Waals surface area contributed by atoms with Crippen molar-refractivity contribution in [3.8, 4) is 17.2 Å². The second-order valence-corrected chi connectivity index (χ2v) is 10.5. The van der Waals surface area contributed by atoms with E-state index in [0.717, 1.165) is 17.8 Å². The van der Waals surface area contributed by atoms with Gasteiger partial charge in [0.05, 0.1) is 11.7 Å². The van der Waals surface area contributed by atoms with Gasteiger partial charge in [-0.2, -0.15) is 13.2 Å². The fourth-order valence-corrected chi connectivity index (χ4v) is 4.31. The number of piperazine rings is 1. The van der Waals surface area contributed by atoms with Gasteiger partial charge in [0.25, 0.3) is 5.91 Å². The van der Waals surface area contributed by atoms with Gasteiger partial charge in [-0.05, 0) is 76.2 Å². The van der Waals surface area contributed by atoms with Gasteiger partial charge < -0.3 is 24.0 Å². The number of para-hydroxylation sites is 2. The lowest BCUT2D eigenvalue weighted by molar-refractivity contribution is -0.163. The molecular weight excluding hydrogens is 537 g/mol. The van der Waals surface area contributed by atoms with E-state index in [4.69, 9.17) is 14.2 Å². The smallest absolute Gasteiger partial charge is 0.416 e. The molecule has 10 heteroatoms. The number of benzene rings is 3. The highest BCUT2D eigenvalue weighted by Gasteiger charge is 2.34. The Hall–Kier alpha value is -4.21. The molecule has 0 atom stereocenters. The Balaban J connectivity index is 1.40. The van der Waals surface area contributed by atoms with Crippen molar-refractivity contribution in [1.82, 2.24) is 4.90 Å². The molecule has 1 saturated heterocycles. The zero-order valence-electron chi connectivity index (χ0n) is 23.4. The molecule has 0 unspecified atom stereocenters. The molecule has 41 heavy (non-hydrogen) atoms. The lowest BCUT2D eigenvalue weighted by atomic mass is 10.1. The Morgan fingerprint density at radius 3 is 2.07 bits per heavy atom. The third kappa shape index (κ3) is 7.50. The average Bonchev–Trinajstić information content (AvgIpc) is 2.93. The van der Waals surface area contributed by atoms with Crippen molar-refractivity contribution in [2.45, 2.75) is 45.6 Å². The maximum Gasteiger partial charge on any atom is 0.416 e. The summed E-state index contributed by atoms with van der Waals surface area (Å²) in [6, 6.07) is 18.8. The SMILES string of the molecule is CC(C)OC(=O)C(C)(C)Oc1ccccc1Oc1cccc(N2CCN(C(=O)c3ccc(C(F)(F)F)cc3)CC2)c1. The van der Waals surface area contributed by atoms with E-state index >= 15 is 0 Å². The van der Waals surface area contributed by atoms with Crippen LogP contribution >= 0.6 is 0 Å². The normalized spacial score (nSPS) is 14.1. The van der Waals surface area contributed by atoms with E-state index in [2.05, 4.69) is 4.90 Å². The zero-order chi connectivity index (χ0) is 29.8. The molecule has 1 heterocycles. The highest BCUT2D eigenvalue weighted by molar-refractivity contribution is 5.94. The summed E-state index contributed by atoms with van der Waals surface area (Å²) in [5.74, 6) is 0.595. The zero-order valence-corrected chi connectivity index (χ0v) is 23.4. The Kier molecular flexibility index (Phi) is 8.80. The van der Waals surface area contributed by atoms with Crippen molar-refractivity contribution in [1.29, 1.82) is 0 Å². The lowest BCUT2D eigenvalue weighted by Gasteiger charge is -2.36. The number of amides is 1. The minimum atomic E-state index is -4.45. The summed E-state index contributed by atoms with van der Waals surface area (Å²) in [5.41, 5.74) is -0.900. The fraction of sp³-hybridized carbons (Fsp3) is 0.355. The molecule has 1 aliphatic heterocycles. The number of esters is 1. The summed E-state index contributed by atoms with van der Waals surface area (Å²) in [5, 5.41) is 0. The van der Waals surface area contributed by atoms with Gasteiger partial charge in [-0.1, -0.05) is 18.2 Å². The van der Waals surface area contributed by atoms with Crippen LogP contribution < -0.4 is 14.4 Å². The minimum Gasteiger partial charge on any atom is -0.472 e. The number of ether oxygens (including phenoxy) is 3. The number of rotatable bonds is 8. The summed E-state index contributed by atoms with van der Waals surface area (Å²) >= 11 is 0. The van der Waals surface area contributed by atoms with Gasteiger partial charge in [0, 0.05) is 43.5 Å². The molecule has 1 fully saturated rings. The van der Waals surface area contributed by atoms with Gasteiger partial charge in [-0.15, -0.1) is 0 Å². The van der Waals surface area contributed by atoms with Crippen molar-refractivity contribution in [2.75, 3.05) is 31.1 Å². The summed E-state index contributed by atoms with van der Waals surface area (Å²) in [4.78, 5) is 29.1. The summed E-state index contributed by atoms with van der Waals surface area (Å²) in [6.45, 7) is 8.74. The van der Waals surface area contributed by atoms with Crippen molar-refractivity contribution in [3.63, 3.8) is 0 Å². The van der Waals surface area contributed by atoms with Crippen LogP contribution in [0, 0.1) is 0 Å². The number of hydrogen-bond acceptors (Lipinski definition) is 6. The molecule has 0 radical (unpaired) electrons. The predicted octanol–water partition coefficient (Wildman–Crippen LogP) is 6.57. The molecular formula is C31H33F3N2O5. The second-order valence-electron chi connectivity index (χ2n) is 10.5. The van der Waals surface area contributed by atoms with Crippen LogP contribution in [0.1, 0.15) is 43.6 Å². The third-order valence-electron chi connectivity index (χ3n) is 6.49. The second kappa shape index (κ2) is 12.1. The minimum absolute atomic E-state index is 0.225. The molecule has 0 spiro atoms. The number of carbonyl (C=O) groups excluding carboxylic acids is 2. The van der Waals surface area contributed by atoms with E-state index in [1.807, 2.05) is 24.3 Å². The molecule has 3 aromatic carbocycles.